The van der Waals surface area contributed by atoms with Gasteiger partial charge >= 0.3 is 0 Å². The molecule has 0 spiro atoms. The SMILES string of the molecule is OCCN(Cc1ccc(F)cc1Br)CC(F)F. The average Bonchev–Trinajstić information content (AvgIpc) is 2.21. The van der Waals surface area contributed by atoms with Crippen molar-refractivity contribution in [3.63, 3.8) is 0 Å². The molecule has 0 radical (unpaired) electrons. The maximum atomic E-state index is 12.8. The highest BCUT2D eigenvalue weighted by atomic mass is 79.9. The van der Waals surface area contributed by atoms with E-state index in [0.717, 1.165) is 0 Å². The Labute approximate surface area is 106 Å². The highest BCUT2D eigenvalue weighted by molar-refractivity contribution is 9.10. The molecule has 6 heteroatoms. The van der Waals surface area contributed by atoms with Gasteiger partial charge in [0.1, 0.15) is 5.82 Å². The van der Waals surface area contributed by atoms with Crippen LogP contribution in [-0.4, -0.2) is 36.1 Å². The van der Waals surface area contributed by atoms with Crippen LogP contribution < -0.4 is 0 Å². The first-order chi connectivity index (χ1) is 8.02. The number of aliphatic hydroxyl groups is 1. The maximum Gasteiger partial charge on any atom is 0.251 e. The Morgan fingerprint density at radius 1 is 1.35 bits per heavy atom. The summed E-state index contributed by atoms with van der Waals surface area (Å²) in [6.07, 6.45) is -2.46. The van der Waals surface area contributed by atoms with Crippen molar-refractivity contribution in [2.75, 3.05) is 19.7 Å². The number of nitrogens with zero attached hydrogens (tertiary/aromatic N) is 1. The fourth-order valence-electron chi connectivity index (χ4n) is 1.46. The topological polar surface area (TPSA) is 23.5 Å². The van der Waals surface area contributed by atoms with Crippen molar-refractivity contribution in [2.24, 2.45) is 0 Å². The third-order valence-corrected chi connectivity index (χ3v) is 2.96. The Morgan fingerprint density at radius 2 is 2.06 bits per heavy atom. The molecule has 0 amide bonds. The zero-order valence-electron chi connectivity index (χ0n) is 9.04. The van der Waals surface area contributed by atoms with Crippen LogP contribution in [0.5, 0.6) is 0 Å². The monoisotopic (exact) mass is 311 g/mol. The van der Waals surface area contributed by atoms with Crippen LogP contribution in [-0.2, 0) is 6.54 Å². The van der Waals surface area contributed by atoms with E-state index in [1.165, 1.54) is 23.1 Å². The molecule has 1 aromatic rings. The van der Waals surface area contributed by atoms with Crippen LogP contribution in [0, 0.1) is 5.82 Å². The lowest BCUT2D eigenvalue weighted by molar-refractivity contribution is 0.0745. The Kier molecular flexibility index (Phi) is 5.94. The molecular weight excluding hydrogens is 299 g/mol. The molecule has 0 saturated carbocycles. The van der Waals surface area contributed by atoms with Crippen LogP contribution in [0.25, 0.3) is 0 Å². The molecule has 2 nitrogen and oxygen atoms in total. The average molecular weight is 312 g/mol. The van der Waals surface area contributed by atoms with E-state index in [1.54, 1.807) is 0 Å². The van der Waals surface area contributed by atoms with Crippen molar-refractivity contribution in [2.45, 2.75) is 13.0 Å². The van der Waals surface area contributed by atoms with Gasteiger partial charge in [-0.15, -0.1) is 0 Å². The van der Waals surface area contributed by atoms with Gasteiger partial charge in [-0.2, -0.15) is 0 Å². The second-order valence-electron chi connectivity index (χ2n) is 3.59. The van der Waals surface area contributed by atoms with Gasteiger partial charge in [0, 0.05) is 17.6 Å². The number of hydrogen-bond acceptors (Lipinski definition) is 2. The van der Waals surface area contributed by atoms with E-state index in [0.29, 0.717) is 10.0 Å². The van der Waals surface area contributed by atoms with Gasteiger partial charge in [0.2, 0.25) is 0 Å². The van der Waals surface area contributed by atoms with Crippen molar-refractivity contribution >= 4 is 15.9 Å². The smallest absolute Gasteiger partial charge is 0.251 e. The number of hydrogen-bond donors (Lipinski definition) is 1. The summed E-state index contributed by atoms with van der Waals surface area (Å²) in [4.78, 5) is 1.42. The van der Waals surface area contributed by atoms with Crippen LogP contribution in [0.15, 0.2) is 22.7 Å². The van der Waals surface area contributed by atoms with E-state index in [4.69, 9.17) is 5.11 Å². The van der Waals surface area contributed by atoms with Crippen molar-refractivity contribution in [1.29, 1.82) is 0 Å². The molecular formula is C11H13BrF3NO. The third-order valence-electron chi connectivity index (χ3n) is 2.22. The summed E-state index contributed by atoms with van der Waals surface area (Å²) in [6.45, 7) is -0.199. The number of aliphatic hydroxyl groups excluding tert-OH is 1. The molecule has 0 bridgehead atoms. The third kappa shape index (κ3) is 5.06. The predicted octanol–water partition coefficient (Wildman–Crippen LogP) is 2.65. The second kappa shape index (κ2) is 6.98. The largest absolute Gasteiger partial charge is 0.395 e. The molecule has 0 heterocycles. The van der Waals surface area contributed by atoms with Crippen LogP contribution in [0.2, 0.25) is 0 Å². The van der Waals surface area contributed by atoms with E-state index >= 15 is 0 Å². The van der Waals surface area contributed by atoms with E-state index < -0.39 is 13.0 Å². The van der Waals surface area contributed by atoms with Crippen LogP contribution in [0.3, 0.4) is 0 Å². The zero-order chi connectivity index (χ0) is 12.8. The predicted molar refractivity (Wildman–Crippen MR) is 62.5 cm³/mol. The molecule has 0 aliphatic heterocycles. The van der Waals surface area contributed by atoms with Crippen molar-refractivity contribution < 1.29 is 18.3 Å². The van der Waals surface area contributed by atoms with E-state index in [2.05, 4.69) is 15.9 Å². The Bertz CT molecular complexity index is 363. The van der Waals surface area contributed by atoms with Crippen molar-refractivity contribution in [3.8, 4) is 0 Å². The molecule has 0 aromatic heterocycles. The quantitative estimate of drug-likeness (QED) is 0.873. The van der Waals surface area contributed by atoms with E-state index in [1.807, 2.05) is 0 Å². The first-order valence-corrected chi connectivity index (χ1v) is 5.87. The Hall–Kier alpha value is -0.590. The van der Waals surface area contributed by atoms with Gasteiger partial charge in [-0.3, -0.25) is 4.90 Å². The summed E-state index contributed by atoms with van der Waals surface area (Å²) in [6, 6.07) is 4.10. The molecule has 0 unspecified atom stereocenters. The second-order valence-corrected chi connectivity index (χ2v) is 4.44. The maximum absolute atomic E-state index is 12.8. The minimum absolute atomic E-state index is 0.161. The molecule has 0 fully saturated rings. The van der Waals surface area contributed by atoms with Crippen LogP contribution in [0.4, 0.5) is 13.2 Å². The highest BCUT2D eigenvalue weighted by Crippen LogP contribution is 2.20. The molecule has 17 heavy (non-hydrogen) atoms. The van der Waals surface area contributed by atoms with E-state index in [9.17, 15) is 13.2 Å². The number of alkyl halides is 2. The molecule has 0 aliphatic carbocycles. The van der Waals surface area contributed by atoms with Crippen LogP contribution in [0.1, 0.15) is 5.56 Å². The molecule has 0 saturated heterocycles. The first kappa shape index (κ1) is 14.5. The number of benzene rings is 1. The standard InChI is InChI=1S/C11H13BrF3NO/c12-10-5-9(13)2-1-8(10)6-16(3-4-17)7-11(14)15/h1-2,5,11,17H,3-4,6-7H2. The Morgan fingerprint density at radius 3 is 2.59 bits per heavy atom. The zero-order valence-corrected chi connectivity index (χ0v) is 10.6. The fraction of sp³-hybridized carbons (Fsp3) is 0.455. The van der Waals surface area contributed by atoms with Gasteiger partial charge in [-0.1, -0.05) is 22.0 Å². The normalized spacial score (nSPS) is 11.5. The number of rotatable bonds is 6. The summed E-state index contributed by atoms with van der Waals surface area (Å²) >= 11 is 3.18. The lowest BCUT2D eigenvalue weighted by Crippen LogP contribution is -2.31. The fourth-order valence-corrected chi connectivity index (χ4v) is 1.94. The number of halogens is 4. The first-order valence-electron chi connectivity index (χ1n) is 5.08. The molecule has 0 atom stereocenters. The van der Waals surface area contributed by atoms with Gasteiger partial charge in [0.15, 0.2) is 0 Å². The minimum Gasteiger partial charge on any atom is -0.395 e. The molecule has 1 rings (SSSR count). The molecule has 0 aliphatic rings. The van der Waals surface area contributed by atoms with Crippen molar-refractivity contribution in [3.05, 3.63) is 34.1 Å². The van der Waals surface area contributed by atoms with Gasteiger partial charge in [0.05, 0.1) is 13.2 Å². The molecule has 96 valence electrons. The van der Waals surface area contributed by atoms with E-state index in [-0.39, 0.29) is 25.5 Å². The van der Waals surface area contributed by atoms with Gasteiger partial charge < -0.3 is 5.11 Å². The van der Waals surface area contributed by atoms with Gasteiger partial charge in [-0.25, -0.2) is 13.2 Å². The lowest BCUT2D eigenvalue weighted by Gasteiger charge is -2.21. The lowest BCUT2D eigenvalue weighted by atomic mass is 10.2. The van der Waals surface area contributed by atoms with Gasteiger partial charge in [-0.05, 0) is 17.7 Å². The summed E-state index contributed by atoms with van der Waals surface area (Å²) in [5, 5.41) is 8.78. The minimum atomic E-state index is -2.46. The Balaban J connectivity index is 2.71. The molecule has 1 aromatic carbocycles. The summed E-state index contributed by atoms with van der Waals surface area (Å²) in [7, 11) is 0. The van der Waals surface area contributed by atoms with Gasteiger partial charge in [0.25, 0.3) is 6.43 Å². The summed E-state index contributed by atoms with van der Waals surface area (Å²) < 4.78 is 37.9. The highest BCUT2D eigenvalue weighted by Gasteiger charge is 2.13. The summed E-state index contributed by atoms with van der Waals surface area (Å²) in [5.74, 6) is -0.386. The van der Waals surface area contributed by atoms with Crippen LogP contribution >= 0.6 is 15.9 Å². The molecule has 1 N–H and O–H groups in total. The van der Waals surface area contributed by atoms with Crippen molar-refractivity contribution in [1.82, 2.24) is 4.90 Å². The summed E-state index contributed by atoms with van der Waals surface area (Å²) in [5.41, 5.74) is 0.709.